The lowest BCUT2D eigenvalue weighted by atomic mass is 9.91. The number of benzene rings is 1. The van der Waals surface area contributed by atoms with Gasteiger partial charge in [0.25, 0.3) is 5.91 Å². The molecule has 2 heterocycles. The van der Waals surface area contributed by atoms with Gasteiger partial charge in [-0.25, -0.2) is 0 Å². The number of nitrogens with one attached hydrogen (secondary N) is 2. The van der Waals surface area contributed by atoms with Gasteiger partial charge in [-0.3, -0.25) is 9.59 Å². The molecule has 5 nitrogen and oxygen atoms in total. The molecule has 2 saturated heterocycles. The molecule has 0 radical (unpaired) electrons. The zero-order valence-corrected chi connectivity index (χ0v) is 16.7. The Hall–Kier alpha value is -1.88. The second-order valence-electron chi connectivity index (χ2n) is 8.48. The zero-order chi connectivity index (χ0) is 19.2. The quantitative estimate of drug-likeness (QED) is 0.832. The van der Waals surface area contributed by atoms with Crippen molar-refractivity contribution < 1.29 is 9.59 Å². The van der Waals surface area contributed by atoms with Crippen molar-refractivity contribution in [2.45, 2.75) is 46.0 Å². The van der Waals surface area contributed by atoms with Crippen molar-refractivity contribution in [3.8, 4) is 0 Å². The maximum atomic E-state index is 13.1. The van der Waals surface area contributed by atoms with Crippen LogP contribution in [-0.4, -0.2) is 42.9 Å². The number of anilines is 1. The number of hydrogen-bond acceptors (Lipinski definition) is 3. The summed E-state index contributed by atoms with van der Waals surface area (Å²) < 4.78 is 0. The fourth-order valence-corrected chi connectivity index (χ4v) is 4.50. The summed E-state index contributed by atoms with van der Waals surface area (Å²) in [6, 6.07) is 7.41. The maximum absolute atomic E-state index is 13.1. The van der Waals surface area contributed by atoms with E-state index in [0.29, 0.717) is 35.4 Å². The number of nitrogens with zero attached hydrogens (tertiary/aromatic N) is 1. The van der Waals surface area contributed by atoms with Gasteiger partial charge < -0.3 is 15.5 Å². The number of carbonyl (C=O) groups is 2. The number of likely N-dealkylation sites (tertiary alicyclic amines) is 1. The molecule has 0 aliphatic carbocycles. The molecule has 1 aromatic rings. The molecule has 0 saturated carbocycles. The predicted molar refractivity (Wildman–Crippen MR) is 109 cm³/mol. The van der Waals surface area contributed by atoms with Crippen LogP contribution in [-0.2, 0) is 4.79 Å². The zero-order valence-electron chi connectivity index (χ0n) is 16.7. The molecule has 148 valence electrons. The fraction of sp³-hybridized carbons (Fsp3) is 0.636. The number of piperidine rings is 2. The standard InChI is InChI=1S/C22H33N3O2/c1-16-13-17(2)15-25(14-16)22(27)19-5-3-4-6-20(19)24-21(26)8-7-18-9-11-23-12-10-18/h3-6,16-18,23H,7-15H2,1-2H3,(H,24,26). The van der Waals surface area contributed by atoms with Crippen LogP contribution >= 0.6 is 0 Å². The molecule has 0 aromatic heterocycles. The van der Waals surface area contributed by atoms with E-state index in [1.807, 2.05) is 29.2 Å². The van der Waals surface area contributed by atoms with Gasteiger partial charge in [0.15, 0.2) is 0 Å². The van der Waals surface area contributed by atoms with Gasteiger partial charge in [0.05, 0.1) is 11.3 Å². The maximum Gasteiger partial charge on any atom is 0.255 e. The summed E-state index contributed by atoms with van der Waals surface area (Å²) in [4.78, 5) is 27.5. The van der Waals surface area contributed by atoms with Crippen molar-refractivity contribution in [2.24, 2.45) is 17.8 Å². The molecule has 0 bridgehead atoms. The molecule has 2 N–H and O–H groups in total. The van der Waals surface area contributed by atoms with Crippen molar-refractivity contribution in [3.05, 3.63) is 29.8 Å². The smallest absolute Gasteiger partial charge is 0.255 e. The Bertz CT molecular complexity index is 645. The van der Waals surface area contributed by atoms with Gasteiger partial charge in [-0.15, -0.1) is 0 Å². The summed E-state index contributed by atoms with van der Waals surface area (Å²) in [5.74, 6) is 1.70. The number of para-hydroxylation sites is 1. The molecule has 3 rings (SSSR count). The highest BCUT2D eigenvalue weighted by atomic mass is 16.2. The van der Waals surface area contributed by atoms with E-state index in [0.717, 1.165) is 45.4 Å². The number of amides is 2. The van der Waals surface area contributed by atoms with Crippen LogP contribution in [0.5, 0.6) is 0 Å². The Morgan fingerprint density at radius 2 is 1.78 bits per heavy atom. The summed E-state index contributed by atoms with van der Waals surface area (Å²) in [6.07, 6.45) is 4.90. The van der Waals surface area contributed by atoms with Crippen LogP contribution in [0.15, 0.2) is 24.3 Å². The molecule has 2 aliphatic heterocycles. The normalized spacial score (nSPS) is 23.9. The first-order valence-corrected chi connectivity index (χ1v) is 10.4. The minimum Gasteiger partial charge on any atom is -0.338 e. The highest BCUT2D eigenvalue weighted by Crippen LogP contribution is 2.25. The minimum absolute atomic E-state index is 0.00848. The van der Waals surface area contributed by atoms with Crippen molar-refractivity contribution in [1.82, 2.24) is 10.2 Å². The van der Waals surface area contributed by atoms with E-state index >= 15 is 0 Å². The molecule has 2 aliphatic rings. The second kappa shape index (κ2) is 9.36. The first-order chi connectivity index (χ1) is 13.0. The average Bonchev–Trinajstić information content (AvgIpc) is 2.66. The molecule has 2 unspecified atom stereocenters. The Balaban J connectivity index is 1.61. The van der Waals surface area contributed by atoms with E-state index in [1.165, 1.54) is 6.42 Å². The van der Waals surface area contributed by atoms with Gasteiger partial charge >= 0.3 is 0 Å². The molecule has 2 fully saturated rings. The first kappa shape index (κ1) is 19.9. The molecule has 5 heteroatoms. The van der Waals surface area contributed by atoms with E-state index in [9.17, 15) is 9.59 Å². The van der Waals surface area contributed by atoms with E-state index in [2.05, 4.69) is 24.5 Å². The van der Waals surface area contributed by atoms with Crippen LogP contribution < -0.4 is 10.6 Å². The Morgan fingerprint density at radius 1 is 1.11 bits per heavy atom. The third kappa shape index (κ3) is 5.55. The first-order valence-electron chi connectivity index (χ1n) is 10.4. The van der Waals surface area contributed by atoms with Crippen LogP contribution in [0.3, 0.4) is 0 Å². The fourth-order valence-electron chi connectivity index (χ4n) is 4.50. The lowest BCUT2D eigenvalue weighted by Crippen LogP contribution is -2.42. The van der Waals surface area contributed by atoms with E-state index in [-0.39, 0.29) is 11.8 Å². The van der Waals surface area contributed by atoms with Crippen molar-refractivity contribution in [3.63, 3.8) is 0 Å². The molecule has 0 spiro atoms. The lowest BCUT2D eigenvalue weighted by Gasteiger charge is -2.35. The molecular weight excluding hydrogens is 338 g/mol. The van der Waals surface area contributed by atoms with Gasteiger partial charge in [-0.2, -0.15) is 0 Å². The summed E-state index contributed by atoms with van der Waals surface area (Å²) in [7, 11) is 0. The van der Waals surface area contributed by atoms with Gasteiger partial charge in [0.1, 0.15) is 0 Å². The summed E-state index contributed by atoms with van der Waals surface area (Å²) >= 11 is 0. The van der Waals surface area contributed by atoms with Gasteiger partial charge in [-0.05, 0) is 68.7 Å². The summed E-state index contributed by atoms with van der Waals surface area (Å²) in [5.41, 5.74) is 1.25. The highest BCUT2D eigenvalue weighted by Gasteiger charge is 2.27. The predicted octanol–water partition coefficient (Wildman–Crippen LogP) is 3.52. The SMILES string of the molecule is CC1CC(C)CN(C(=O)c2ccccc2NC(=O)CCC2CCNCC2)C1. The van der Waals surface area contributed by atoms with Crippen LogP contribution in [0.4, 0.5) is 5.69 Å². The average molecular weight is 372 g/mol. The number of rotatable bonds is 5. The number of carbonyl (C=O) groups excluding carboxylic acids is 2. The van der Waals surface area contributed by atoms with Crippen LogP contribution in [0.25, 0.3) is 0 Å². The van der Waals surface area contributed by atoms with Gasteiger partial charge in [0.2, 0.25) is 5.91 Å². The lowest BCUT2D eigenvalue weighted by molar-refractivity contribution is -0.116. The molecule has 2 atom stereocenters. The van der Waals surface area contributed by atoms with Crippen LogP contribution in [0.1, 0.15) is 56.3 Å². The van der Waals surface area contributed by atoms with E-state index in [4.69, 9.17) is 0 Å². The molecular formula is C22H33N3O2. The van der Waals surface area contributed by atoms with Gasteiger partial charge in [0, 0.05) is 19.5 Å². The van der Waals surface area contributed by atoms with Crippen molar-refractivity contribution in [1.29, 1.82) is 0 Å². The molecule has 27 heavy (non-hydrogen) atoms. The summed E-state index contributed by atoms with van der Waals surface area (Å²) in [6.45, 7) is 8.09. The highest BCUT2D eigenvalue weighted by molar-refractivity contribution is 6.03. The third-order valence-corrected chi connectivity index (χ3v) is 5.83. The van der Waals surface area contributed by atoms with Crippen LogP contribution in [0, 0.1) is 17.8 Å². The Morgan fingerprint density at radius 3 is 2.48 bits per heavy atom. The molecule has 1 aromatic carbocycles. The molecule has 2 amide bonds. The second-order valence-corrected chi connectivity index (χ2v) is 8.48. The minimum atomic E-state index is 0.00848. The monoisotopic (exact) mass is 371 g/mol. The van der Waals surface area contributed by atoms with E-state index < -0.39 is 0 Å². The van der Waals surface area contributed by atoms with Crippen molar-refractivity contribution >= 4 is 17.5 Å². The third-order valence-electron chi connectivity index (χ3n) is 5.83. The number of hydrogen-bond donors (Lipinski definition) is 2. The van der Waals surface area contributed by atoms with E-state index in [1.54, 1.807) is 0 Å². The Labute approximate surface area is 162 Å². The Kier molecular flexibility index (Phi) is 6.89. The van der Waals surface area contributed by atoms with Crippen LogP contribution in [0.2, 0.25) is 0 Å². The van der Waals surface area contributed by atoms with Gasteiger partial charge in [-0.1, -0.05) is 26.0 Å². The largest absolute Gasteiger partial charge is 0.338 e. The topological polar surface area (TPSA) is 61.4 Å². The summed E-state index contributed by atoms with van der Waals surface area (Å²) in [5, 5.41) is 6.35. The van der Waals surface area contributed by atoms with Crippen molar-refractivity contribution in [2.75, 3.05) is 31.5 Å².